The van der Waals surface area contributed by atoms with E-state index in [4.69, 9.17) is 4.74 Å². The van der Waals surface area contributed by atoms with Gasteiger partial charge in [0.05, 0.1) is 6.10 Å². The van der Waals surface area contributed by atoms with Gasteiger partial charge in [0.15, 0.2) is 0 Å². The number of rotatable bonds is 6. The zero-order valence-corrected chi connectivity index (χ0v) is 10.8. The molecule has 2 atom stereocenters. The molecular formula is C13H21NOS. The summed E-state index contributed by atoms with van der Waals surface area (Å²) in [6.07, 6.45) is 6.60. The second kappa shape index (κ2) is 6.38. The number of thiophene rings is 1. The third-order valence-corrected chi connectivity index (χ3v) is 4.06. The number of nitrogens with one attached hydrogen (secondary N) is 1. The molecule has 1 N–H and O–H groups in total. The second-order valence-electron chi connectivity index (χ2n) is 4.53. The summed E-state index contributed by atoms with van der Waals surface area (Å²) in [5, 5.41) is 7.81. The van der Waals surface area contributed by atoms with E-state index in [1.165, 1.54) is 31.2 Å². The van der Waals surface area contributed by atoms with E-state index >= 15 is 0 Å². The van der Waals surface area contributed by atoms with Crippen LogP contribution in [0.25, 0.3) is 0 Å². The van der Waals surface area contributed by atoms with Crippen LogP contribution in [0.5, 0.6) is 0 Å². The summed E-state index contributed by atoms with van der Waals surface area (Å²) < 4.78 is 5.66. The van der Waals surface area contributed by atoms with Crippen molar-refractivity contribution in [3.8, 4) is 0 Å². The molecule has 0 bridgehead atoms. The molecular weight excluding hydrogens is 218 g/mol. The highest BCUT2D eigenvalue weighted by Crippen LogP contribution is 2.19. The molecule has 1 aliphatic rings. The van der Waals surface area contributed by atoms with Crippen molar-refractivity contribution >= 4 is 11.3 Å². The molecule has 0 aromatic carbocycles. The average molecular weight is 239 g/mol. The molecule has 2 nitrogen and oxygen atoms in total. The molecule has 16 heavy (non-hydrogen) atoms. The van der Waals surface area contributed by atoms with E-state index in [2.05, 4.69) is 29.2 Å². The lowest BCUT2D eigenvalue weighted by Gasteiger charge is -2.17. The van der Waals surface area contributed by atoms with E-state index in [1.54, 1.807) is 11.3 Å². The molecule has 1 aromatic heterocycles. The van der Waals surface area contributed by atoms with E-state index in [0.717, 1.165) is 13.0 Å². The Hall–Kier alpha value is -0.380. The summed E-state index contributed by atoms with van der Waals surface area (Å²) >= 11 is 1.78. The lowest BCUT2D eigenvalue weighted by atomic mass is 10.0. The standard InChI is InChI=1S/C13H21NOS/c1-14-12(9-11-6-8-16-10-11)4-5-13-3-2-7-15-13/h6,8,10,12-14H,2-5,7,9H2,1H3. The predicted octanol–water partition coefficient (Wildman–Crippen LogP) is 2.84. The third kappa shape index (κ3) is 3.58. The van der Waals surface area contributed by atoms with Crippen molar-refractivity contribution in [2.24, 2.45) is 0 Å². The van der Waals surface area contributed by atoms with Crippen molar-refractivity contribution in [3.05, 3.63) is 22.4 Å². The van der Waals surface area contributed by atoms with Gasteiger partial charge in [-0.1, -0.05) is 0 Å². The van der Waals surface area contributed by atoms with Crippen LogP contribution in [0, 0.1) is 0 Å². The Morgan fingerprint density at radius 1 is 1.62 bits per heavy atom. The van der Waals surface area contributed by atoms with Gasteiger partial charge in [0, 0.05) is 12.6 Å². The monoisotopic (exact) mass is 239 g/mol. The van der Waals surface area contributed by atoms with Gasteiger partial charge in [-0.25, -0.2) is 0 Å². The van der Waals surface area contributed by atoms with Gasteiger partial charge >= 0.3 is 0 Å². The third-order valence-electron chi connectivity index (χ3n) is 3.33. The second-order valence-corrected chi connectivity index (χ2v) is 5.31. The molecule has 2 heterocycles. The van der Waals surface area contributed by atoms with Gasteiger partial charge in [0.25, 0.3) is 0 Å². The van der Waals surface area contributed by atoms with Crippen LogP contribution in [-0.4, -0.2) is 25.8 Å². The zero-order chi connectivity index (χ0) is 11.2. The minimum absolute atomic E-state index is 0.526. The smallest absolute Gasteiger partial charge is 0.0576 e. The number of likely N-dealkylation sites (N-methyl/N-ethyl adjacent to an activating group) is 1. The van der Waals surface area contributed by atoms with Crippen molar-refractivity contribution in [1.29, 1.82) is 0 Å². The predicted molar refractivity (Wildman–Crippen MR) is 69.1 cm³/mol. The Labute approximate surface area is 102 Å². The molecule has 90 valence electrons. The quantitative estimate of drug-likeness (QED) is 0.824. The van der Waals surface area contributed by atoms with Crippen molar-refractivity contribution in [3.63, 3.8) is 0 Å². The first-order valence-electron chi connectivity index (χ1n) is 6.18. The number of hydrogen-bond acceptors (Lipinski definition) is 3. The van der Waals surface area contributed by atoms with E-state index < -0.39 is 0 Å². The van der Waals surface area contributed by atoms with E-state index in [0.29, 0.717) is 12.1 Å². The summed E-state index contributed by atoms with van der Waals surface area (Å²) in [7, 11) is 2.06. The molecule has 0 radical (unpaired) electrons. The lowest BCUT2D eigenvalue weighted by Crippen LogP contribution is -2.28. The van der Waals surface area contributed by atoms with Crippen LogP contribution < -0.4 is 5.32 Å². The van der Waals surface area contributed by atoms with E-state index in [9.17, 15) is 0 Å². The summed E-state index contributed by atoms with van der Waals surface area (Å²) in [5.41, 5.74) is 1.46. The van der Waals surface area contributed by atoms with Gasteiger partial charge in [-0.15, -0.1) is 0 Å². The topological polar surface area (TPSA) is 21.3 Å². The lowest BCUT2D eigenvalue weighted by molar-refractivity contribution is 0.0998. The van der Waals surface area contributed by atoms with Crippen molar-refractivity contribution in [2.75, 3.05) is 13.7 Å². The Morgan fingerprint density at radius 2 is 2.56 bits per heavy atom. The maximum absolute atomic E-state index is 5.66. The fourth-order valence-corrected chi connectivity index (χ4v) is 2.98. The molecule has 0 spiro atoms. The van der Waals surface area contributed by atoms with Crippen LogP contribution in [0.1, 0.15) is 31.2 Å². The molecule has 0 amide bonds. The molecule has 3 heteroatoms. The molecule has 1 saturated heterocycles. The Balaban J connectivity index is 1.72. The van der Waals surface area contributed by atoms with Crippen LogP contribution in [0.4, 0.5) is 0 Å². The zero-order valence-electron chi connectivity index (χ0n) is 9.95. The van der Waals surface area contributed by atoms with Crippen LogP contribution in [0.15, 0.2) is 16.8 Å². The van der Waals surface area contributed by atoms with Crippen molar-refractivity contribution in [1.82, 2.24) is 5.32 Å². The molecule has 2 unspecified atom stereocenters. The van der Waals surface area contributed by atoms with Gasteiger partial charge in [-0.3, -0.25) is 0 Å². The summed E-state index contributed by atoms with van der Waals surface area (Å²) in [5.74, 6) is 0. The van der Waals surface area contributed by atoms with Crippen LogP contribution in [0.3, 0.4) is 0 Å². The van der Waals surface area contributed by atoms with E-state index in [-0.39, 0.29) is 0 Å². The summed E-state index contributed by atoms with van der Waals surface area (Å²) in [6.45, 7) is 0.972. The highest BCUT2D eigenvalue weighted by atomic mass is 32.1. The fraction of sp³-hybridized carbons (Fsp3) is 0.692. The normalized spacial score (nSPS) is 22.4. The van der Waals surface area contributed by atoms with Crippen molar-refractivity contribution in [2.45, 2.75) is 44.2 Å². The van der Waals surface area contributed by atoms with Gasteiger partial charge in [0.2, 0.25) is 0 Å². The molecule has 0 saturated carbocycles. The summed E-state index contributed by atoms with van der Waals surface area (Å²) in [4.78, 5) is 0. The first kappa shape index (κ1) is 12.1. The number of hydrogen-bond donors (Lipinski definition) is 1. The Kier molecular flexibility index (Phi) is 4.82. The first-order valence-corrected chi connectivity index (χ1v) is 7.12. The van der Waals surface area contributed by atoms with Gasteiger partial charge in [-0.05, 0) is 61.5 Å². The largest absolute Gasteiger partial charge is 0.378 e. The minimum atomic E-state index is 0.526. The average Bonchev–Trinajstić information content (AvgIpc) is 2.97. The molecule has 1 aromatic rings. The molecule has 1 fully saturated rings. The van der Waals surface area contributed by atoms with Crippen LogP contribution in [0.2, 0.25) is 0 Å². The van der Waals surface area contributed by atoms with Crippen LogP contribution >= 0.6 is 11.3 Å². The Bertz CT molecular complexity index is 280. The molecule has 2 rings (SSSR count). The highest BCUT2D eigenvalue weighted by molar-refractivity contribution is 7.07. The van der Waals surface area contributed by atoms with Gasteiger partial charge in [-0.2, -0.15) is 11.3 Å². The summed E-state index contributed by atoms with van der Waals surface area (Å²) in [6, 6.07) is 2.82. The minimum Gasteiger partial charge on any atom is -0.378 e. The Morgan fingerprint density at radius 3 is 3.19 bits per heavy atom. The first-order chi connectivity index (χ1) is 7.88. The van der Waals surface area contributed by atoms with E-state index in [1.807, 2.05) is 0 Å². The maximum Gasteiger partial charge on any atom is 0.0576 e. The fourth-order valence-electron chi connectivity index (χ4n) is 2.30. The SMILES string of the molecule is CNC(CCC1CCCO1)Cc1ccsc1. The highest BCUT2D eigenvalue weighted by Gasteiger charge is 2.17. The van der Waals surface area contributed by atoms with Crippen LogP contribution in [-0.2, 0) is 11.2 Å². The van der Waals surface area contributed by atoms with Crippen molar-refractivity contribution < 1.29 is 4.74 Å². The molecule has 0 aliphatic carbocycles. The maximum atomic E-state index is 5.66. The molecule has 1 aliphatic heterocycles. The van der Waals surface area contributed by atoms with Gasteiger partial charge in [0.1, 0.15) is 0 Å². The number of ether oxygens (including phenoxy) is 1. The van der Waals surface area contributed by atoms with Gasteiger partial charge < -0.3 is 10.1 Å².